The van der Waals surface area contributed by atoms with Crippen molar-refractivity contribution in [3.8, 4) is 11.8 Å². The van der Waals surface area contributed by atoms with Crippen LogP contribution in [0.3, 0.4) is 0 Å². The smallest absolute Gasteiger partial charge is 0.252 e. The minimum atomic E-state index is -0.303. The Hall–Kier alpha value is -2.10. The Morgan fingerprint density at radius 2 is 2.45 bits per heavy atom. The summed E-state index contributed by atoms with van der Waals surface area (Å²) in [4.78, 5) is 16.9. The lowest BCUT2D eigenvalue weighted by Crippen LogP contribution is -2.26. The van der Waals surface area contributed by atoms with Gasteiger partial charge in [0.2, 0.25) is 5.89 Å². The molecule has 0 radical (unpaired) electrons. The average molecular weight is 290 g/mol. The van der Waals surface area contributed by atoms with Gasteiger partial charge in [-0.3, -0.25) is 4.79 Å². The third-order valence-electron chi connectivity index (χ3n) is 2.51. The number of rotatable bonds is 3. The molecule has 0 spiro atoms. The first-order valence-electron chi connectivity index (χ1n) is 6.01. The summed E-state index contributed by atoms with van der Waals surface area (Å²) in [6.45, 7) is 3.41. The number of aliphatic hydroxyl groups excluding tert-OH is 1. The van der Waals surface area contributed by atoms with Crippen molar-refractivity contribution in [2.75, 3.05) is 6.61 Å². The first-order valence-corrected chi connectivity index (χ1v) is 6.89. The van der Waals surface area contributed by atoms with Crippen molar-refractivity contribution in [1.82, 2.24) is 10.3 Å². The molecule has 1 atom stereocenters. The normalized spacial score (nSPS) is 11.6. The molecule has 0 saturated heterocycles. The Bertz CT molecular complexity index is 663. The maximum absolute atomic E-state index is 12.1. The first-order chi connectivity index (χ1) is 9.60. The fourth-order valence-corrected chi connectivity index (χ4v) is 2.32. The molecule has 0 saturated carbocycles. The second-order valence-electron chi connectivity index (χ2n) is 4.16. The van der Waals surface area contributed by atoms with Crippen LogP contribution in [0.15, 0.2) is 22.1 Å². The van der Waals surface area contributed by atoms with E-state index in [1.54, 1.807) is 24.6 Å². The highest BCUT2D eigenvalue weighted by Crippen LogP contribution is 2.16. The van der Waals surface area contributed by atoms with Gasteiger partial charge >= 0.3 is 0 Å². The van der Waals surface area contributed by atoms with E-state index in [0.29, 0.717) is 17.2 Å². The Morgan fingerprint density at radius 1 is 1.65 bits per heavy atom. The maximum atomic E-state index is 12.1. The molecule has 0 bridgehead atoms. The lowest BCUT2D eigenvalue weighted by atomic mass is 10.2. The topological polar surface area (TPSA) is 75.4 Å². The number of hydrogen-bond acceptors (Lipinski definition) is 5. The number of aromatic nitrogens is 1. The van der Waals surface area contributed by atoms with E-state index in [1.165, 1.54) is 11.3 Å². The van der Waals surface area contributed by atoms with E-state index in [1.807, 2.05) is 6.92 Å². The van der Waals surface area contributed by atoms with E-state index in [9.17, 15) is 4.79 Å². The number of aliphatic hydroxyl groups is 1. The quantitative estimate of drug-likeness (QED) is 0.846. The van der Waals surface area contributed by atoms with Gasteiger partial charge in [0.1, 0.15) is 18.4 Å². The van der Waals surface area contributed by atoms with Crippen molar-refractivity contribution in [3.05, 3.63) is 39.7 Å². The second-order valence-corrected chi connectivity index (χ2v) is 5.08. The number of carbonyl (C=O) groups is 1. The SMILES string of the molecule is Cc1cnc(C(C)NC(=O)c2csc(C#CCO)c2)o1. The number of oxazole rings is 1. The van der Waals surface area contributed by atoms with Crippen LogP contribution < -0.4 is 5.32 Å². The largest absolute Gasteiger partial charge is 0.444 e. The van der Waals surface area contributed by atoms with Gasteiger partial charge in [0, 0.05) is 5.38 Å². The van der Waals surface area contributed by atoms with E-state index in [0.717, 1.165) is 4.88 Å². The molecule has 0 aliphatic heterocycles. The van der Waals surface area contributed by atoms with Gasteiger partial charge in [-0.05, 0) is 19.9 Å². The van der Waals surface area contributed by atoms with Gasteiger partial charge in [0.05, 0.1) is 16.6 Å². The number of aryl methyl sites for hydroxylation is 1. The zero-order valence-electron chi connectivity index (χ0n) is 11.1. The summed E-state index contributed by atoms with van der Waals surface area (Å²) in [6.07, 6.45) is 1.62. The minimum Gasteiger partial charge on any atom is -0.444 e. The molecule has 6 heteroatoms. The van der Waals surface area contributed by atoms with Gasteiger partial charge in [-0.2, -0.15) is 0 Å². The highest BCUT2D eigenvalue weighted by molar-refractivity contribution is 7.10. The maximum Gasteiger partial charge on any atom is 0.252 e. The number of nitrogens with one attached hydrogen (secondary N) is 1. The Labute approximate surface area is 120 Å². The zero-order valence-corrected chi connectivity index (χ0v) is 12.0. The van der Waals surface area contributed by atoms with Crippen molar-refractivity contribution < 1.29 is 14.3 Å². The highest BCUT2D eigenvalue weighted by atomic mass is 32.1. The van der Waals surface area contributed by atoms with Crippen LogP contribution in [-0.4, -0.2) is 22.6 Å². The molecule has 20 heavy (non-hydrogen) atoms. The lowest BCUT2D eigenvalue weighted by molar-refractivity contribution is 0.0934. The summed E-state index contributed by atoms with van der Waals surface area (Å²) >= 11 is 1.36. The van der Waals surface area contributed by atoms with Gasteiger partial charge in [0.25, 0.3) is 5.91 Å². The number of amides is 1. The van der Waals surface area contributed by atoms with Crippen LogP contribution in [-0.2, 0) is 0 Å². The molecule has 2 N–H and O–H groups in total. The van der Waals surface area contributed by atoms with Crippen LogP contribution >= 0.6 is 11.3 Å². The second kappa shape index (κ2) is 6.37. The molecule has 0 aromatic carbocycles. The van der Waals surface area contributed by atoms with Gasteiger partial charge < -0.3 is 14.8 Å². The molecule has 0 aliphatic carbocycles. The predicted molar refractivity (Wildman–Crippen MR) is 75.4 cm³/mol. The van der Waals surface area contributed by atoms with Crippen molar-refractivity contribution >= 4 is 17.2 Å². The average Bonchev–Trinajstić information content (AvgIpc) is 3.05. The number of nitrogens with zero attached hydrogens (tertiary/aromatic N) is 1. The van der Waals surface area contributed by atoms with Crippen LogP contribution in [0.2, 0.25) is 0 Å². The monoisotopic (exact) mass is 290 g/mol. The van der Waals surface area contributed by atoms with E-state index in [2.05, 4.69) is 22.1 Å². The molecule has 5 nitrogen and oxygen atoms in total. The molecule has 2 heterocycles. The zero-order chi connectivity index (χ0) is 14.5. The molecular formula is C14H14N2O3S. The van der Waals surface area contributed by atoms with E-state index in [4.69, 9.17) is 9.52 Å². The van der Waals surface area contributed by atoms with Crippen molar-refractivity contribution in [2.24, 2.45) is 0 Å². The summed E-state index contributed by atoms with van der Waals surface area (Å²) in [6, 6.07) is 1.39. The molecular weight excluding hydrogens is 276 g/mol. The molecule has 1 amide bonds. The number of carbonyl (C=O) groups excluding carboxylic acids is 1. The van der Waals surface area contributed by atoms with Crippen molar-refractivity contribution in [3.63, 3.8) is 0 Å². The van der Waals surface area contributed by atoms with Crippen LogP contribution in [0, 0.1) is 18.8 Å². The summed E-state index contributed by atoms with van der Waals surface area (Å²) in [5.74, 6) is 6.29. The van der Waals surface area contributed by atoms with Gasteiger partial charge in [-0.15, -0.1) is 11.3 Å². The Morgan fingerprint density at radius 3 is 3.10 bits per heavy atom. The molecule has 2 rings (SSSR count). The molecule has 0 aliphatic rings. The molecule has 104 valence electrons. The van der Waals surface area contributed by atoms with E-state index >= 15 is 0 Å². The van der Waals surface area contributed by atoms with Gasteiger partial charge in [-0.25, -0.2) is 4.98 Å². The van der Waals surface area contributed by atoms with Gasteiger partial charge in [-0.1, -0.05) is 11.8 Å². The fourth-order valence-electron chi connectivity index (χ4n) is 1.56. The van der Waals surface area contributed by atoms with Crippen LogP contribution in [0.4, 0.5) is 0 Å². The first kappa shape index (κ1) is 14.3. The number of thiophene rings is 1. The van der Waals surface area contributed by atoms with E-state index < -0.39 is 0 Å². The third kappa shape index (κ3) is 3.47. The molecule has 2 aromatic rings. The van der Waals surface area contributed by atoms with E-state index in [-0.39, 0.29) is 18.6 Å². The Balaban J connectivity index is 2.02. The lowest BCUT2D eigenvalue weighted by Gasteiger charge is -2.09. The number of hydrogen-bond donors (Lipinski definition) is 2. The molecule has 1 unspecified atom stereocenters. The van der Waals surface area contributed by atoms with Crippen molar-refractivity contribution in [2.45, 2.75) is 19.9 Å². The summed E-state index contributed by atoms with van der Waals surface area (Å²) in [7, 11) is 0. The van der Waals surface area contributed by atoms with Crippen LogP contribution in [0.25, 0.3) is 0 Å². The minimum absolute atomic E-state index is 0.194. The van der Waals surface area contributed by atoms with Crippen molar-refractivity contribution in [1.29, 1.82) is 0 Å². The molecule has 2 aromatic heterocycles. The summed E-state index contributed by atoms with van der Waals surface area (Å²) in [5, 5.41) is 13.2. The third-order valence-corrected chi connectivity index (χ3v) is 3.36. The van der Waals surface area contributed by atoms with Crippen LogP contribution in [0.1, 0.15) is 39.9 Å². The highest BCUT2D eigenvalue weighted by Gasteiger charge is 2.16. The summed E-state index contributed by atoms with van der Waals surface area (Å²) < 4.78 is 5.37. The predicted octanol–water partition coefficient (Wildman–Crippen LogP) is 1.88. The molecule has 0 fully saturated rings. The van der Waals surface area contributed by atoms with Gasteiger partial charge in [0.15, 0.2) is 0 Å². The summed E-state index contributed by atoms with van der Waals surface area (Å²) in [5.41, 5.74) is 0.535. The Kier molecular flexibility index (Phi) is 4.56. The fraction of sp³-hybridized carbons (Fsp3) is 0.286. The standard InChI is InChI=1S/C14H14N2O3S/c1-9-7-15-14(19-9)10(2)16-13(18)11-6-12(20-8-11)4-3-5-17/h6-8,10,17H,5H2,1-2H3,(H,16,18). The van der Waals surface area contributed by atoms with Crippen LogP contribution in [0.5, 0.6) is 0 Å².